The Morgan fingerprint density at radius 2 is 1.73 bits per heavy atom. The van der Waals surface area contributed by atoms with Crippen LogP contribution >= 0.6 is 0 Å². The van der Waals surface area contributed by atoms with E-state index in [9.17, 15) is 29.1 Å². The zero-order valence-electron chi connectivity index (χ0n) is 37.0. The summed E-state index contributed by atoms with van der Waals surface area (Å²) in [6.07, 6.45) is 1.96. The van der Waals surface area contributed by atoms with E-state index < -0.39 is 53.7 Å². The molecule has 5 amide bonds. The van der Waals surface area contributed by atoms with Gasteiger partial charge in [-0.1, -0.05) is 38.1 Å². The van der Waals surface area contributed by atoms with Crippen LogP contribution in [-0.2, 0) is 37.4 Å². The van der Waals surface area contributed by atoms with E-state index in [1.54, 1.807) is 44.2 Å². The number of nitrogens with zero attached hydrogens (tertiary/aromatic N) is 4. The van der Waals surface area contributed by atoms with E-state index in [-0.39, 0.29) is 66.9 Å². The zero-order valence-corrected chi connectivity index (χ0v) is 37.0. The monoisotopic (exact) mass is 872 g/mol. The third kappa shape index (κ3) is 9.98. The van der Waals surface area contributed by atoms with Gasteiger partial charge in [0.1, 0.15) is 48.8 Å². The Balaban J connectivity index is 1.35. The van der Waals surface area contributed by atoms with Crippen molar-refractivity contribution in [1.29, 1.82) is 5.26 Å². The predicted molar refractivity (Wildman–Crippen MR) is 239 cm³/mol. The van der Waals surface area contributed by atoms with Crippen LogP contribution in [0.2, 0.25) is 0 Å². The third-order valence-electron chi connectivity index (χ3n) is 11.9. The Morgan fingerprint density at radius 1 is 1.00 bits per heavy atom. The van der Waals surface area contributed by atoms with Gasteiger partial charge in [-0.25, -0.2) is 9.97 Å². The highest BCUT2D eigenvalue weighted by molar-refractivity contribution is 6.00. The summed E-state index contributed by atoms with van der Waals surface area (Å²) in [5.41, 5.74) is 17.7. The van der Waals surface area contributed by atoms with Gasteiger partial charge in [-0.15, -0.1) is 0 Å². The van der Waals surface area contributed by atoms with Crippen LogP contribution in [0.1, 0.15) is 83.7 Å². The second-order valence-corrected chi connectivity index (χ2v) is 16.9. The highest BCUT2D eigenvalue weighted by atomic mass is 16.5. The number of nitrogens with two attached hydrogens (primary N) is 2. The summed E-state index contributed by atoms with van der Waals surface area (Å²) in [7, 11) is 1.40. The smallest absolute Gasteiger partial charge is 0.255 e. The van der Waals surface area contributed by atoms with Crippen LogP contribution in [0, 0.1) is 25.2 Å². The standard InChI is InChI=1S/C47H56N10O7/c1-25-39(26(2)53-41(52-25)31-8-10-34-29(23-31)13-15-47(34,4)5)44(61)55-35(14-16-48)46(63)57(6)40-30-9-12-38(64-20-18-50)33(24-30)32-21-28(7-11-37(32)58)22-36(43(60)51-19-17-49)56-42(59)27(3)54-45(40)62/h7-12,21,23-24,27,35-36,40,58H,13-16,18-20,22,48,50H2,1-6H3,(H,51,60)(H,54,62)(H,55,61)(H,56,59)/t27-,35-,36-,40-/m0/s1. The number of hydrogen-bond donors (Lipinski definition) is 7. The Bertz CT molecular complexity index is 2490. The number of aromatic nitrogens is 2. The number of carbonyl (C=O) groups excluding carboxylic acids is 5. The molecule has 0 radical (unpaired) electrons. The van der Waals surface area contributed by atoms with Gasteiger partial charge in [0.15, 0.2) is 5.82 Å². The number of aryl methyl sites for hydroxylation is 3. The molecule has 17 heteroatoms. The molecule has 4 aromatic rings. The lowest BCUT2D eigenvalue weighted by Crippen LogP contribution is -2.56. The summed E-state index contributed by atoms with van der Waals surface area (Å²) in [6.45, 7) is 9.27. The first kappa shape index (κ1) is 46.6. The van der Waals surface area contributed by atoms with E-state index in [0.717, 1.165) is 23.3 Å². The minimum absolute atomic E-state index is 0.00238. The lowest BCUT2D eigenvalue weighted by atomic mass is 9.86. The van der Waals surface area contributed by atoms with Crippen molar-refractivity contribution >= 4 is 29.5 Å². The number of rotatable bonds is 12. The van der Waals surface area contributed by atoms with Crippen LogP contribution in [0.25, 0.3) is 22.5 Å². The van der Waals surface area contributed by atoms with Crippen LogP contribution in [0.3, 0.4) is 0 Å². The maximum absolute atomic E-state index is 14.6. The molecule has 1 aromatic heterocycles. The normalized spacial score (nSPS) is 18.3. The van der Waals surface area contributed by atoms with Crippen molar-refractivity contribution in [3.63, 3.8) is 0 Å². The van der Waals surface area contributed by atoms with Crippen LogP contribution in [0.15, 0.2) is 54.6 Å². The minimum Gasteiger partial charge on any atom is -0.507 e. The molecule has 4 atom stereocenters. The third-order valence-corrected chi connectivity index (χ3v) is 11.9. The highest BCUT2D eigenvalue weighted by Crippen LogP contribution is 2.41. The SMILES string of the molecule is Cc1nc(-c2ccc3c(c2)CCC3(C)C)nc(C)c1C(=O)N[C@@H](CCN)C(=O)N(C)[C@@H]1C(=O)N[C@@H](C)C(=O)N[C@H](C(=O)NCC#N)Cc2ccc(O)c(c2)-c2cc1ccc2OCCN. The summed E-state index contributed by atoms with van der Waals surface area (Å²) >= 11 is 0. The molecule has 0 saturated carbocycles. The maximum Gasteiger partial charge on any atom is 0.255 e. The lowest BCUT2D eigenvalue weighted by molar-refractivity contribution is -0.141. The van der Waals surface area contributed by atoms with Crippen molar-refractivity contribution in [2.75, 3.05) is 33.3 Å². The summed E-state index contributed by atoms with van der Waals surface area (Å²) < 4.78 is 5.98. The number of fused-ring (bicyclic) bond motifs is 6. The lowest BCUT2D eigenvalue weighted by Gasteiger charge is -2.32. The van der Waals surface area contributed by atoms with E-state index in [1.165, 1.54) is 31.2 Å². The fourth-order valence-electron chi connectivity index (χ4n) is 8.43. The van der Waals surface area contributed by atoms with E-state index >= 15 is 0 Å². The maximum atomic E-state index is 14.6. The first-order chi connectivity index (χ1) is 30.5. The molecule has 2 aliphatic rings. The Morgan fingerprint density at radius 3 is 2.42 bits per heavy atom. The van der Waals surface area contributed by atoms with Gasteiger partial charge in [0.25, 0.3) is 5.91 Å². The van der Waals surface area contributed by atoms with E-state index in [0.29, 0.717) is 34.1 Å². The van der Waals surface area contributed by atoms with Crippen molar-refractivity contribution in [2.24, 2.45) is 11.5 Å². The highest BCUT2D eigenvalue weighted by Gasteiger charge is 2.37. The molecular formula is C47H56N10O7. The first-order valence-corrected chi connectivity index (χ1v) is 21.3. The largest absolute Gasteiger partial charge is 0.507 e. The fraction of sp³-hybridized carbons (Fsp3) is 0.404. The second kappa shape index (κ2) is 19.7. The van der Waals surface area contributed by atoms with Crippen molar-refractivity contribution in [2.45, 2.75) is 89.9 Å². The molecule has 336 valence electrons. The number of amides is 5. The van der Waals surface area contributed by atoms with Gasteiger partial charge in [0.05, 0.1) is 23.0 Å². The summed E-state index contributed by atoms with van der Waals surface area (Å²) in [5.74, 6) is -2.79. The Kier molecular flexibility index (Phi) is 14.3. The van der Waals surface area contributed by atoms with E-state index in [1.807, 2.05) is 12.1 Å². The number of likely N-dealkylation sites (N-methyl/N-ethyl adjacent to an activating group) is 1. The van der Waals surface area contributed by atoms with Crippen LogP contribution in [-0.4, -0.2) is 101 Å². The van der Waals surface area contributed by atoms with Gasteiger partial charge in [-0.3, -0.25) is 24.0 Å². The summed E-state index contributed by atoms with van der Waals surface area (Å²) in [5, 5.41) is 31.0. The first-order valence-electron chi connectivity index (χ1n) is 21.3. The molecule has 0 fully saturated rings. The van der Waals surface area contributed by atoms with Crippen LogP contribution in [0.5, 0.6) is 11.5 Å². The molecule has 1 aliphatic heterocycles. The quantitative estimate of drug-likeness (QED) is 0.101. The molecule has 6 rings (SSSR count). The molecule has 17 nitrogen and oxygen atoms in total. The molecule has 64 heavy (non-hydrogen) atoms. The van der Waals surface area contributed by atoms with Gasteiger partial charge in [-0.2, -0.15) is 5.26 Å². The summed E-state index contributed by atoms with van der Waals surface area (Å²) in [6, 6.07) is 12.4. The Labute approximate surface area is 372 Å². The fourth-order valence-corrected chi connectivity index (χ4v) is 8.43. The van der Waals surface area contributed by atoms with Crippen molar-refractivity contribution in [3.8, 4) is 40.1 Å². The molecule has 1 aliphatic carbocycles. The van der Waals surface area contributed by atoms with Crippen LogP contribution < -0.4 is 37.5 Å². The number of carbonyl (C=O) groups is 5. The van der Waals surface area contributed by atoms with Gasteiger partial charge in [-0.05, 0) is 105 Å². The number of hydrogen-bond acceptors (Lipinski definition) is 12. The molecular weight excluding hydrogens is 817 g/mol. The average molecular weight is 873 g/mol. The number of nitrogens with one attached hydrogen (secondary N) is 4. The van der Waals surface area contributed by atoms with Crippen LogP contribution in [0.4, 0.5) is 0 Å². The molecule has 9 N–H and O–H groups in total. The topological polar surface area (TPSA) is 268 Å². The average Bonchev–Trinajstić information content (AvgIpc) is 3.57. The second-order valence-electron chi connectivity index (χ2n) is 16.9. The van der Waals surface area contributed by atoms with Crippen molar-refractivity contribution < 1.29 is 33.8 Å². The number of phenolic OH excluding ortho intramolecular Hbond substituents is 1. The summed E-state index contributed by atoms with van der Waals surface area (Å²) in [4.78, 5) is 80.6. The number of benzene rings is 3. The molecule has 0 saturated heterocycles. The number of aromatic hydroxyl groups is 1. The van der Waals surface area contributed by atoms with Gasteiger partial charge >= 0.3 is 0 Å². The minimum atomic E-state index is -1.42. The predicted octanol–water partition coefficient (Wildman–Crippen LogP) is 2.53. The molecule has 3 aromatic carbocycles. The number of nitriles is 1. The molecule has 0 unspecified atom stereocenters. The number of phenols is 1. The molecule has 2 heterocycles. The Hall–Kier alpha value is -6.90. The van der Waals surface area contributed by atoms with E-state index in [2.05, 4.69) is 47.2 Å². The van der Waals surface area contributed by atoms with Crippen molar-refractivity contribution in [3.05, 3.63) is 93.8 Å². The zero-order chi connectivity index (χ0) is 46.5. The number of ether oxygens (including phenoxy) is 1. The van der Waals surface area contributed by atoms with E-state index in [4.69, 9.17) is 31.4 Å². The van der Waals surface area contributed by atoms with Gasteiger partial charge in [0.2, 0.25) is 23.6 Å². The van der Waals surface area contributed by atoms with Gasteiger partial charge < -0.3 is 47.5 Å². The van der Waals surface area contributed by atoms with Gasteiger partial charge in [0, 0.05) is 36.7 Å². The van der Waals surface area contributed by atoms with Crippen molar-refractivity contribution in [1.82, 2.24) is 36.1 Å². The molecule has 0 spiro atoms. The molecule has 4 bridgehead atoms.